The molecule has 0 N–H and O–H groups in total. The largest absolute Gasteiger partial charge is 0.236 e. The van der Waals surface area contributed by atoms with Gasteiger partial charge in [-0.2, -0.15) is 0 Å². The molecule has 2 aromatic rings. The monoisotopic (exact) mass is 188 g/mol. The van der Waals surface area contributed by atoms with E-state index in [1.165, 1.54) is 0 Å². The van der Waals surface area contributed by atoms with E-state index in [4.69, 9.17) is 4.52 Å². The molecule has 2 nitrogen and oxygen atoms in total. The molecule has 2 rings (SSSR count). The smallest absolute Gasteiger partial charge is 0.220 e. The minimum Gasteiger partial charge on any atom is -0.236 e. The van der Waals surface area contributed by atoms with Crippen LogP contribution in [0.25, 0.3) is 11.3 Å². The molecule has 0 aliphatic carbocycles. The zero-order valence-corrected chi connectivity index (χ0v) is 8.31. The first-order valence-electron chi connectivity index (χ1n) is 4.95. The molecule has 0 spiro atoms. The topological polar surface area (TPSA) is 17.0 Å². The summed E-state index contributed by atoms with van der Waals surface area (Å²) in [6.45, 7) is 3.07. The van der Waals surface area contributed by atoms with Gasteiger partial charge in [0.1, 0.15) is 0 Å². The van der Waals surface area contributed by atoms with Crippen LogP contribution >= 0.6 is 0 Å². The standard InChI is InChI=1S/C12H14NO/c1-2-9-13-10-8-12(14-13)11-6-4-3-5-7-11/h3-8,10H,2,9H2,1H3/q+1. The second-order valence-electron chi connectivity index (χ2n) is 3.28. The Morgan fingerprint density at radius 3 is 2.64 bits per heavy atom. The average Bonchev–Trinajstić information content (AvgIpc) is 2.68. The Morgan fingerprint density at radius 2 is 1.93 bits per heavy atom. The predicted molar refractivity (Wildman–Crippen MR) is 54.6 cm³/mol. The maximum Gasteiger partial charge on any atom is 0.220 e. The predicted octanol–water partition coefficient (Wildman–Crippen LogP) is 2.64. The molecule has 0 radical (unpaired) electrons. The fourth-order valence-electron chi connectivity index (χ4n) is 1.43. The highest BCUT2D eigenvalue weighted by Gasteiger charge is 2.08. The van der Waals surface area contributed by atoms with Crippen LogP contribution in [0.2, 0.25) is 0 Å². The van der Waals surface area contributed by atoms with Gasteiger partial charge in [-0.25, -0.2) is 4.52 Å². The Hall–Kier alpha value is -1.57. The van der Waals surface area contributed by atoms with Gasteiger partial charge in [0.05, 0.1) is 6.07 Å². The summed E-state index contributed by atoms with van der Waals surface area (Å²) in [5.74, 6) is 0.930. The van der Waals surface area contributed by atoms with E-state index < -0.39 is 0 Å². The molecular weight excluding hydrogens is 174 g/mol. The van der Waals surface area contributed by atoms with Crippen molar-refractivity contribution in [3.05, 3.63) is 42.6 Å². The van der Waals surface area contributed by atoms with E-state index in [9.17, 15) is 0 Å². The van der Waals surface area contributed by atoms with Crippen molar-refractivity contribution in [2.45, 2.75) is 19.9 Å². The minimum atomic E-state index is 0.930. The van der Waals surface area contributed by atoms with Crippen LogP contribution in [0.1, 0.15) is 13.3 Å². The van der Waals surface area contributed by atoms with Gasteiger partial charge in [-0.15, -0.1) is 0 Å². The molecule has 0 atom stereocenters. The fourth-order valence-corrected chi connectivity index (χ4v) is 1.43. The van der Waals surface area contributed by atoms with Crippen LogP contribution in [0.4, 0.5) is 0 Å². The Bertz CT molecular complexity index is 392. The number of aromatic nitrogens is 1. The lowest BCUT2D eigenvalue weighted by atomic mass is 10.2. The van der Waals surface area contributed by atoms with Crippen molar-refractivity contribution in [2.24, 2.45) is 0 Å². The number of nitrogens with zero attached hydrogens (tertiary/aromatic N) is 1. The highest BCUT2D eigenvalue weighted by atomic mass is 16.5. The van der Waals surface area contributed by atoms with E-state index in [0.29, 0.717) is 0 Å². The van der Waals surface area contributed by atoms with Crippen molar-refractivity contribution in [2.75, 3.05) is 0 Å². The normalized spacial score (nSPS) is 10.4. The minimum absolute atomic E-state index is 0.930. The van der Waals surface area contributed by atoms with E-state index in [1.807, 2.05) is 35.2 Å². The van der Waals surface area contributed by atoms with Crippen molar-refractivity contribution < 1.29 is 9.26 Å². The summed E-state index contributed by atoms with van der Waals surface area (Å²) in [6.07, 6.45) is 3.07. The van der Waals surface area contributed by atoms with Gasteiger partial charge < -0.3 is 0 Å². The van der Waals surface area contributed by atoms with Crippen LogP contribution in [-0.4, -0.2) is 0 Å². The number of rotatable bonds is 3. The summed E-state index contributed by atoms with van der Waals surface area (Å²) < 4.78 is 7.49. The highest BCUT2D eigenvalue weighted by molar-refractivity contribution is 5.55. The Labute approximate surface area is 83.8 Å². The van der Waals surface area contributed by atoms with E-state index in [1.54, 1.807) is 0 Å². The maximum atomic E-state index is 5.63. The molecule has 0 aliphatic heterocycles. The summed E-state index contributed by atoms with van der Waals surface area (Å²) in [4.78, 5) is 0. The zero-order chi connectivity index (χ0) is 9.80. The fraction of sp³-hybridized carbons (Fsp3) is 0.250. The van der Waals surface area contributed by atoms with Gasteiger partial charge in [0, 0.05) is 12.0 Å². The van der Waals surface area contributed by atoms with Crippen LogP contribution in [0.5, 0.6) is 0 Å². The molecule has 1 aromatic heterocycles. The van der Waals surface area contributed by atoms with E-state index in [-0.39, 0.29) is 0 Å². The Morgan fingerprint density at radius 1 is 1.14 bits per heavy atom. The van der Waals surface area contributed by atoms with Gasteiger partial charge in [0.15, 0.2) is 6.54 Å². The second-order valence-corrected chi connectivity index (χ2v) is 3.28. The lowest BCUT2D eigenvalue weighted by molar-refractivity contribution is -0.862. The third-order valence-electron chi connectivity index (χ3n) is 2.11. The highest BCUT2D eigenvalue weighted by Crippen LogP contribution is 2.16. The summed E-state index contributed by atoms with van der Waals surface area (Å²) in [5.41, 5.74) is 1.13. The Balaban J connectivity index is 2.25. The summed E-state index contributed by atoms with van der Waals surface area (Å²) in [7, 11) is 0. The van der Waals surface area contributed by atoms with Gasteiger partial charge in [0.2, 0.25) is 12.0 Å². The van der Waals surface area contributed by atoms with Gasteiger partial charge in [-0.1, -0.05) is 37.3 Å². The molecule has 0 amide bonds. The van der Waals surface area contributed by atoms with Crippen molar-refractivity contribution in [1.29, 1.82) is 0 Å². The van der Waals surface area contributed by atoms with Gasteiger partial charge >= 0.3 is 0 Å². The number of hydrogen-bond acceptors (Lipinski definition) is 1. The van der Waals surface area contributed by atoms with Gasteiger partial charge in [-0.3, -0.25) is 0 Å². The lowest BCUT2D eigenvalue weighted by Gasteiger charge is -1.90. The van der Waals surface area contributed by atoms with E-state index in [2.05, 4.69) is 19.1 Å². The zero-order valence-electron chi connectivity index (χ0n) is 8.31. The molecule has 0 saturated carbocycles. The van der Waals surface area contributed by atoms with Crippen LogP contribution in [0.3, 0.4) is 0 Å². The lowest BCUT2D eigenvalue weighted by Crippen LogP contribution is -2.29. The maximum absolute atomic E-state index is 5.63. The average molecular weight is 188 g/mol. The molecule has 1 heterocycles. The van der Waals surface area contributed by atoms with E-state index in [0.717, 1.165) is 24.3 Å². The van der Waals surface area contributed by atoms with Crippen molar-refractivity contribution >= 4 is 0 Å². The van der Waals surface area contributed by atoms with Crippen molar-refractivity contribution in [1.82, 2.24) is 0 Å². The SMILES string of the molecule is CCC[n+]1ccc(-c2ccccc2)o1. The van der Waals surface area contributed by atoms with Crippen molar-refractivity contribution in [3.8, 4) is 11.3 Å². The van der Waals surface area contributed by atoms with Crippen LogP contribution in [0, 0.1) is 0 Å². The quantitative estimate of drug-likeness (QED) is 0.677. The van der Waals surface area contributed by atoms with Crippen molar-refractivity contribution in [3.63, 3.8) is 0 Å². The van der Waals surface area contributed by atoms with E-state index >= 15 is 0 Å². The first kappa shape index (κ1) is 9.00. The molecule has 0 unspecified atom stereocenters. The molecule has 0 bridgehead atoms. The number of aryl methyl sites for hydroxylation is 1. The molecular formula is C12H14NO+. The van der Waals surface area contributed by atoms with Crippen LogP contribution < -0.4 is 4.74 Å². The summed E-state index contributed by atoms with van der Waals surface area (Å²) >= 11 is 0. The molecule has 0 aliphatic rings. The molecule has 2 heteroatoms. The summed E-state index contributed by atoms with van der Waals surface area (Å²) in [5, 5.41) is 0. The number of hydrogen-bond donors (Lipinski definition) is 0. The van der Waals surface area contributed by atoms with Crippen LogP contribution in [0.15, 0.2) is 47.1 Å². The second kappa shape index (κ2) is 4.09. The Kier molecular flexibility index (Phi) is 2.63. The van der Waals surface area contributed by atoms with Gasteiger partial charge in [-0.05, 0) is 4.74 Å². The summed E-state index contributed by atoms with van der Waals surface area (Å²) in [6, 6.07) is 12.1. The molecule has 14 heavy (non-hydrogen) atoms. The third-order valence-corrected chi connectivity index (χ3v) is 2.11. The molecule has 0 fully saturated rings. The molecule has 72 valence electrons. The first-order valence-corrected chi connectivity index (χ1v) is 4.95. The molecule has 1 aromatic carbocycles. The number of benzene rings is 1. The van der Waals surface area contributed by atoms with Crippen LogP contribution in [-0.2, 0) is 6.54 Å². The molecule has 0 saturated heterocycles. The first-order chi connectivity index (χ1) is 6.90. The van der Waals surface area contributed by atoms with Gasteiger partial charge in [0.25, 0.3) is 0 Å². The third kappa shape index (κ3) is 1.84.